The zero-order chi connectivity index (χ0) is 30.4. The number of nitrogens with two attached hydrogens (primary N) is 2. The molecule has 0 aromatic rings. The van der Waals surface area contributed by atoms with Gasteiger partial charge in [-0.2, -0.15) is 11.8 Å². The van der Waals surface area contributed by atoms with Crippen LogP contribution in [0.3, 0.4) is 0 Å². The van der Waals surface area contributed by atoms with Crippen molar-refractivity contribution >= 4 is 29.5 Å². The van der Waals surface area contributed by atoms with Gasteiger partial charge in [0.05, 0.1) is 32.0 Å². The lowest BCUT2D eigenvalue weighted by Crippen LogP contribution is -2.67. The summed E-state index contributed by atoms with van der Waals surface area (Å²) in [5, 5.41) is 48.1. The first kappa shape index (κ1) is 38.7. The molecule has 0 radical (unpaired) electrons. The molecule has 12 heteroatoms. The van der Waals surface area contributed by atoms with Gasteiger partial charge in [-0.05, 0) is 6.42 Å². The Morgan fingerprint density at radius 1 is 0.725 bits per heavy atom. The topological polar surface area (TPSA) is 208 Å². The zero-order valence-electron chi connectivity index (χ0n) is 24.3. The van der Waals surface area contributed by atoms with Gasteiger partial charge in [-0.1, -0.05) is 96.8 Å². The third-order valence-corrected chi connectivity index (χ3v) is 8.34. The number of aliphatic hydroxyl groups is 4. The summed E-state index contributed by atoms with van der Waals surface area (Å²) in [5.74, 6) is -3.74. The molecular formula is C28H55N3O8S. The second-order valence-electron chi connectivity index (χ2n) is 10.6. The highest BCUT2D eigenvalue weighted by Crippen LogP contribution is 2.27. The van der Waals surface area contributed by atoms with Gasteiger partial charge in [0.15, 0.2) is 5.54 Å². The summed E-state index contributed by atoms with van der Waals surface area (Å²) < 4.78 is 0. The lowest BCUT2D eigenvalue weighted by molar-refractivity contribution is -0.171. The van der Waals surface area contributed by atoms with Crippen LogP contribution in [0, 0.1) is 0 Å². The summed E-state index contributed by atoms with van der Waals surface area (Å²) >= 11 is 1.05. The Kier molecular flexibility index (Phi) is 22.6. The van der Waals surface area contributed by atoms with Gasteiger partial charge >= 0.3 is 5.97 Å². The molecule has 9 N–H and O–H groups in total. The molecule has 4 atom stereocenters. The number of unbranched alkanes of at least 4 members (excludes halogenated alkanes) is 13. The molecule has 4 unspecified atom stereocenters. The molecule has 2 amide bonds. The number of carbonyl (C=O) groups excluding carboxylic acids is 2. The maximum atomic E-state index is 13.3. The van der Waals surface area contributed by atoms with Crippen LogP contribution in [0.15, 0.2) is 0 Å². The number of thioether (sulfide) groups is 1. The molecule has 0 fully saturated rings. The lowest BCUT2D eigenvalue weighted by Gasteiger charge is -2.40. The molecule has 0 aliphatic heterocycles. The normalized spacial score (nSPS) is 15.3. The molecule has 40 heavy (non-hydrogen) atoms. The third-order valence-electron chi connectivity index (χ3n) is 7.12. The number of nitrogens with zero attached hydrogens (tertiary/aromatic N) is 1. The van der Waals surface area contributed by atoms with E-state index < -0.39 is 61.3 Å². The van der Waals surface area contributed by atoms with Crippen LogP contribution in [-0.4, -0.2) is 103 Å². The van der Waals surface area contributed by atoms with Crippen molar-refractivity contribution in [1.29, 1.82) is 0 Å². The van der Waals surface area contributed by atoms with Crippen LogP contribution in [0.4, 0.5) is 0 Å². The van der Waals surface area contributed by atoms with E-state index in [0.29, 0.717) is 17.7 Å². The Bertz CT molecular complexity index is 702. The molecule has 0 rings (SSSR count). The molecule has 0 saturated heterocycles. The Balaban J connectivity index is 4.99. The van der Waals surface area contributed by atoms with Crippen LogP contribution < -0.4 is 11.5 Å². The molecule has 0 bridgehead atoms. The first-order valence-electron chi connectivity index (χ1n) is 14.8. The van der Waals surface area contributed by atoms with Crippen LogP contribution in [0.5, 0.6) is 0 Å². The third kappa shape index (κ3) is 14.6. The number of hydrogen-bond donors (Lipinski definition) is 7. The summed E-state index contributed by atoms with van der Waals surface area (Å²) in [6.45, 7) is -0.109. The smallest absolute Gasteiger partial charge is 0.332 e. The molecule has 0 aromatic carbocycles. The van der Waals surface area contributed by atoms with E-state index in [0.717, 1.165) is 37.4 Å². The van der Waals surface area contributed by atoms with Crippen molar-refractivity contribution in [3.8, 4) is 0 Å². The number of carboxylic acid groups (broad SMARTS) is 1. The van der Waals surface area contributed by atoms with E-state index in [1.165, 1.54) is 51.4 Å². The first-order chi connectivity index (χ1) is 19.1. The number of rotatable bonds is 26. The molecule has 11 nitrogen and oxygen atoms in total. The molecule has 0 saturated carbocycles. The number of aliphatic hydroxyl groups excluding tert-OH is 4. The maximum absolute atomic E-state index is 13.3. The molecule has 0 spiro atoms. The van der Waals surface area contributed by atoms with Gasteiger partial charge in [0, 0.05) is 11.5 Å². The van der Waals surface area contributed by atoms with E-state index in [2.05, 4.69) is 6.92 Å². The van der Waals surface area contributed by atoms with Crippen LogP contribution in [-0.2, 0) is 14.4 Å². The second-order valence-corrected chi connectivity index (χ2v) is 11.7. The van der Waals surface area contributed by atoms with Crippen molar-refractivity contribution in [3.63, 3.8) is 0 Å². The van der Waals surface area contributed by atoms with Crippen molar-refractivity contribution < 1.29 is 39.9 Å². The van der Waals surface area contributed by atoms with Gasteiger partial charge < -0.3 is 37.0 Å². The van der Waals surface area contributed by atoms with E-state index in [-0.39, 0.29) is 17.9 Å². The monoisotopic (exact) mass is 593 g/mol. The fourth-order valence-electron chi connectivity index (χ4n) is 4.54. The van der Waals surface area contributed by atoms with E-state index in [9.17, 15) is 34.8 Å². The van der Waals surface area contributed by atoms with Gasteiger partial charge in [0.25, 0.3) is 0 Å². The van der Waals surface area contributed by atoms with Gasteiger partial charge in [0.1, 0.15) is 6.04 Å². The maximum Gasteiger partial charge on any atom is 0.332 e. The molecule has 0 aliphatic rings. The number of amides is 2. The fourth-order valence-corrected chi connectivity index (χ4v) is 5.45. The van der Waals surface area contributed by atoms with Crippen molar-refractivity contribution in [3.05, 3.63) is 0 Å². The summed E-state index contributed by atoms with van der Waals surface area (Å²) in [6.07, 6.45) is 14.2. The lowest BCUT2D eigenvalue weighted by atomic mass is 9.89. The van der Waals surface area contributed by atoms with E-state index in [1.54, 1.807) is 0 Å². The van der Waals surface area contributed by atoms with Crippen molar-refractivity contribution in [2.75, 3.05) is 31.3 Å². The average molecular weight is 594 g/mol. The van der Waals surface area contributed by atoms with Crippen LogP contribution in [0.2, 0.25) is 0 Å². The summed E-state index contributed by atoms with van der Waals surface area (Å²) in [6, 6.07) is -2.91. The summed E-state index contributed by atoms with van der Waals surface area (Å²) in [7, 11) is 0. The van der Waals surface area contributed by atoms with Crippen molar-refractivity contribution in [2.24, 2.45) is 11.5 Å². The van der Waals surface area contributed by atoms with E-state index in [4.69, 9.17) is 16.6 Å². The van der Waals surface area contributed by atoms with Crippen molar-refractivity contribution in [1.82, 2.24) is 4.90 Å². The minimum atomic E-state index is -2.27. The Labute approximate surface area is 244 Å². The fraction of sp³-hybridized carbons (Fsp3) is 0.893. The average Bonchev–Trinajstić information content (AvgIpc) is 2.95. The largest absolute Gasteiger partial charge is 0.479 e. The highest BCUT2D eigenvalue weighted by atomic mass is 32.2. The Morgan fingerprint density at radius 3 is 1.57 bits per heavy atom. The molecule has 0 aliphatic carbocycles. The molecule has 0 heterocycles. The molecule has 0 aromatic heterocycles. The van der Waals surface area contributed by atoms with Crippen LogP contribution in [0.1, 0.15) is 103 Å². The van der Waals surface area contributed by atoms with Gasteiger partial charge in [-0.3, -0.25) is 14.5 Å². The predicted molar refractivity (Wildman–Crippen MR) is 158 cm³/mol. The minimum Gasteiger partial charge on any atom is -0.479 e. The Hall–Kier alpha value is -1.28. The highest BCUT2D eigenvalue weighted by Gasteiger charge is 2.51. The van der Waals surface area contributed by atoms with Gasteiger partial charge in [-0.15, -0.1) is 0 Å². The van der Waals surface area contributed by atoms with E-state index in [1.807, 2.05) is 0 Å². The number of aliphatic carboxylic acids is 1. The summed E-state index contributed by atoms with van der Waals surface area (Å²) in [5.41, 5.74) is 9.37. The summed E-state index contributed by atoms with van der Waals surface area (Å²) in [4.78, 5) is 39.1. The van der Waals surface area contributed by atoms with Crippen LogP contribution >= 0.6 is 11.8 Å². The van der Waals surface area contributed by atoms with Gasteiger partial charge in [0.2, 0.25) is 11.8 Å². The second kappa shape index (κ2) is 23.3. The quantitative estimate of drug-likeness (QED) is 0.0719. The number of carbonyl (C=O) groups is 3. The number of imide groups is 1. The number of carboxylic acids is 1. The van der Waals surface area contributed by atoms with Crippen LogP contribution in [0.25, 0.3) is 0 Å². The zero-order valence-corrected chi connectivity index (χ0v) is 25.2. The SMILES string of the molecule is CCCCCCCCCCCCCCCCC(CO)(C(=O)O)N(C(=O)C(N)CO)C(=O)C(N)CSCC(O)CO. The predicted octanol–water partition coefficient (Wildman–Crippen LogP) is 1.76. The minimum absolute atomic E-state index is 0.0741. The van der Waals surface area contributed by atoms with Gasteiger partial charge in [-0.25, -0.2) is 4.79 Å². The molecule has 236 valence electrons. The Morgan fingerprint density at radius 2 is 1.18 bits per heavy atom. The van der Waals surface area contributed by atoms with E-state index >= 15 is 0 Å². The molecular weight excluding hydrogens is 538 g/mol. The number of hydrogen-bond acceptors (Lipinski definition) is 10. The standard InChI is InChI=1S/C28H55N3O8S/c1-2-3-4-5-6-7-8-9-10-11-12-13-14-15-16-28(21-34,27(38)39)31(25(36)23(29)18-33)26(37)24(30)20-40-19-22(35)17-32/h22-24,32-35H,2-21,29-30H2,1H3,(H,38,39). The first-order valence-corrected chi connectivity index (χ1v) is 16.0. The highest BCUT2D eigenvalue weighted by molar-refractivity contribution is 7.99. The van der Waals surface area contributed by atoms with Crippen molar-refractivity contribution in [2.45, 2.75) is 127 Å².